The summed E-state index contributed by atoms with van der Waals surface area (Å²) in [6.45, 7) is 9.08. The molecule has 0 aromatic heterocycles. The number of ether oxygens (including phenoxy) is 2. The van der Waals surface area contributed by atoms with Gasteiger partial charge >= 0.3 is 11.9 Å². The lowest BCUT2D eigenvalue weighted by Gasteiger charge is -2.17. The van der Waals surface area contributed by atoms with Crippen LogP contribution in [0.3, 0.4) is 0 Å². The van der Waals surface area contributed by atoms with Gasteiger partial charge in [0.05, 0.1) is 0 Å². The van der Waals surface area contributed by atoms with Gasteiger partial charge in [0.25, 0.3) is 0 Å². The summed E-state index contributed by atoms with van der Waals surface area (Å²) in [7, 11) is 0. The summed E-state index contributed by atoms with van der Waals surface area (Å²) in [5.74, 6) is 0.137. The van der Waals surface area contributed by atoms with Crippen LogP contribution in [-0.4, -0.2) is 11.9 Å². The van der Waals surface area contributed by atoms with Crippen LogP contribution in [-0.2, 0) is 9.59 Å². The molecule has 0 amide bonds. The molecule has 4 nitrogen and oxygen atoms in total. The lowest BCUT2D eigenvalue weighted by Crippen LogP contribution is -2.12. The number of esters is 2. The van der Waals surface area contributed by atoms with E-state index in [0.717, 1.165) is 32.1 Å². The van der Waals surface area contributed by atoms with Crippen molar-refractivity contribution in [3.63, 3.8) is 0 Å². The predicted octanol–water partition coefficient (Wildman–Crippen LogP) is 9.20. The first-order valence-corrected chi connectivity index (χ1v) is 13.8. The lowest BCUT2D eigenvalue weighted by molar-refractivity contribution is -0.137. The molecule has 0 saturated carbocycles. The van der Waals surface area contributed by atoms with E-state index in [1.54, 1.807) is 24.3 Å². The van der Waals surface area contributed by atoms with Gasteiger partial charge in [0, 0.05) is 12.8 Å². The molecule has 34 heavy (non-hydrogen) atoms. The highest BCUT2D eigenvalue weighted by atomic mass is 16.6. The van der Waals surface area contributed by atoms with Crippen molar-refractivity contribution in [3.05, 3.63) is 24.3 Å². The van der Waals surface area contributed by atoms with Crippen LogP contribution < -0.4 is 9.47 Å². The third-order valence-electron chi connectivity index (χ3n) is 6.09. The second-order valence-electron chi connectivity index (χ2n) is 10.8. The summed E-state index contributed by atoms with van der Waals surface area (Å²) in [6.07, 6.45) is 18.3. The van der Waals surface area contributed by atoms with Crippen molar-refractivity contribution in [2.75, 3.05) is 0 Å². The molecule has 0 bridgehead atoms. The molecule has 0 fully saturated rings. The fraction of sp³-hybridized carbons (Fsp3) is 0.733. The number of rotatable bonds is 19. The van der Waals surface area contributed by atoms with Crippen LogP contribution in [0.15, 0.2) is 24.3 Å². The number of carbonyl (C=O) groups is 2. The molecule has 4 heteroatoms. The van der Waals surface area contributed by atoms with Crippen molar-refractivity contribution in [1.29, 1.82) is 0 Å². The zero-order valence-electron chi connectivity index (χ0n) is 22.5. The largest absolute Gasteiger partial charge is 0.423 e. The summed E-state index contributed by atoms with van der Waals surface area (Å²) in [6, 6.07) is 6.95. The second-order valence-corrected chi connectivity index (χ2v) is 10.8. The van der Waals surface area contributed by atoms with Crippen LogP contribution in [0.5, 0.6) is 11.5 Å². The van der Waals surface area contributed by atoms with Crippen LogP contribution in [0.1, 0.15) is 137 Å². The van der Waals surface area contributed by atoms with Gasteiger partial charge in [-0.2, -0.15) is 0 Å². The molecular formula is C30H50O4. The normalized spacial score (nSPS) is 11.4. The second kappa shape index (κ2) is 18.5. The van der Waals surface area contributed by atoms with E-state index in [4.69, 9.17) is 9.47 Å². The summed E-state index contributed by atoms with van der Waals surface area (Å²) in [5, 5.41) is 0. The van der Waals surface area contributed by atoms with Crippen LogP contribution >= 0.6 is 0 Å². The van der Waals surface area contributed by atoms with Gasteiger partial charge in [-0.1, -0.05) is 117 Å². The topological polar surface area (TPSA) is 52.6 Å². The minimum atomic E-state index is -0.265. The van der Waals surface area contributed by atoms with Gasteiger partial charge < -0.3 is 9.47 Å². The van der Waals surface area contributed by atoms with Crippen molar-refractivity contribution in [1.82, 2.24) is 0 Å². The van der Waals surface area contributed by atoms with Gasteiger partial charge in [-0.05, 0) is 36.8 Å². The Morgan fingerprint density at radius 3 is 1.41 bits per heavy atom. The zero-order chi connectivity index (χ0) is 25.1. The molecule has 0 aliphatic carbocycles. The Bertz CT molecular complexity index is 675. The number of hydrogen-bond acceptors (Lipinski definition) is 4. The highest BCUT2D eigenvalue weighted by Gasteiger charge is 2.13. The molecule has 0 radical (unpaired) electrons. The first-order valence-electron chi connectivity index (χ1n) is 13.8. The van der Waals surface area contributed by atoms with Crippen molar-refractivity contribution >= 4 is 11.9 Å². The number of para-hydroxylation sites is 2. The fourth-order valence-corrected chi connectivity index (χ4v) is 4.00. The maximum atomic E-state index is 12.3. The zero-order valence-corrected chi connectivity index (χ0v) is 22.5. The minimum absolute atomic E-state index is 0.263. The lowest BCUT2D eigenvalue weighted by atomic mass is 9.89. The quantitative estimate of drug-likeness (QED) is 0.114. The third-order valence-corrected chi connectivity index (χ3v) is 6.09. The SMILES string of the molecule is CCCCCCCCCCC(=O)Oc1ccccc1OC(=O)CCCCCCCCC(C)(C)C. The number of hydrogen-bond donors (Lipinski definition) is 0. The first kappa shape index (κ1) is 30.2. The molecule has 1 aromatic rings. The van der Waals surface area contributed by atoms with Crippen LogP contribution in [0.2, 0.25) is 0 Å². The summed E-state index contributed by atoms with van der Waals surface area (Å²) >= 11 is 0. The average Bonchev–Trinajstić information content (AvgIpc) is 2.78. The highest BCUT2D eigenvalue weighted by molar-refractivity contribution is 5.76. The third kappa shape index (κ3) is 16.7. The molecule has 0 aliphatic heterocycles. The minimum Gasteiger partial charge on any atom is -0.423 e. The molecule has 0 unspecified atom stereocenters. The van der Waals surface area contributed by atoms with Gasteiger partial charge in [-0.3, -0.25) is 9.59 Å². The van der Waals surface area contributed by atoms with Gasteiger partial charge in [-0.25, -0.2) is 0 Å². The van der Waals surface area contributed by atoms with E-state index in [1.165, 1.54) is 64.2 Å². The Balaban J connectivity index is 2.21. The van der Waals surface area contributed by atoms with E-state index < -0.39 is 0 Å². The van der Waals surface area contributed by atoms with E-state index in [2.05, 4.69) is 27.7 Å². The van der Waals surface area contributed by atoms with E-state index in [0.29, 0.717) is 29.8 Å². The number of carbonyl (C=O) groups excluding carboxylic acids is 2. The molecule has 194 valence electrons. The number of benzene rings is 1. The first-order chi connectivity index (χ1) is 16.3. The Hall–Kier alpha value is -1.84. The molecule has 0 spiro atoms. The molecule has 1 rings (SSSR count). The molecule has 0 aliphatic rings. The smallest absolute Gasteiger partial charge is 0.311 e. The maximum absolute atomic E-state index is 12.3. The van der Waals surface area contributed by atoms with Crippen molar-refractivity contribution in [2.24, 2.45) is 5.41 Å². The van der Waals surface area contributed by atoms with Crippen LogP contribution in [0, 0.1) is 5.41 Å². The Morgan fingerprint density at radius 1 is 0.618 bits per heavy atom. The summed E-state index contributed by atoms with van der Waals surface area (Å²) < 4.78 is 11.0. The van der Waals surface area contributed by atoms with E-state index in [1.807, 2.05) is 0 Å². The molecule has 0 saturated heterocycles. The van der Waals surface area contributed by atoms with E-state index >= 15 is 0 Å². The number of unbranched alkanes of at least 4 members (excludes halogenated alkanes) is 12. The average molecular weight is 475 g/mol. The Labute approximate surface area is 209 Å². The summed E-state index contributed by atoms with van der Waals surface area (Å²) in [5.41, 5.74) is 0.419. The molecule has 0 N–H and O–H groups in total. The summed E-state index contributed by atoms with van der Waals surface area (Å²) in [4.78, 5) is 24.5. The van der Waals surface area contributed by atoms with Crippen LogP contribution in [0.25, 0.3) is 0 Å². The van der Waals surface area contributed by atoms with Crippen LogP contribution in [0.4, 0.5) is 0 Å². The van der Waals surface area contributed by atoms with Gasteiger partial charge in [0.15, 0.2) is 11.5 Å². The van der Waals surface area contributed by atoms with Crippen molar-refractivity contribution in [2.45, 2.75) is 137 Å². The molecule has 1 aromatic carbocycles. The molecule has 0 atom stereocenters. The molecular weight excluding hydrogens is 424 g/mol. The Kier molecular flexibility index (Phi) is 16.4. The molecule has 0 heterocycles. The van der Waals surface area contributed by atoms with E-state index in [-0.39, 0.29) is 11.9 Å². The van der Waals surface area contributed by atoms with Gasteiger partial charge in [0.1, 0.15) is 0 Å². The monoisotopic (exact) mass is 474 g/mol. The maximum Gasteiger partial charge on any atom is 0.311 e. The highest BCUT2D eigenvalue weighted by Crippen LogP contribution is 2.28. The Morgan fingerprint density at radius 2 is 1.00 bits per heavy atom. The fourth-order valence-electron chi connectivity index (χ4n) is 4.00. The van der Waals surface area contributed by atoms with Crippen molar-refractivity contribution < 1.29 is 19.1 Å². The van der Waals surface area contributed by atoms with Crippen molar-refractivity contribution in [3.8, 4) is 11.5 Å². The standard InChI is InChI=1S/C30H50O4/c1-5-6-7-8-9-10-13-16-23-28(31)33-26-21-18-19-22-27(26)34-29(32)24-17-14-11-12-15-20-25-30(2,3)4/h18-19,21-22H,5-17,20,23-25H2,1-4H3. The predicted molar refractivity (Wildman–Crippen MR) is 141 cm³/mol. The van der Waals surface area contributed by atoms with Gasteiger partial charge in [0.2, 0.25) is 0 Å². The van der Waals surface area contributed by atoms with Gasteiger partial charge in [-0.15, -0.1) is 0 Å². The van der Waals surface area contributed by atoms with E-state index in [9.17, 15) is 9.59 Å².